The largest absolute Gasteiger partial charge is 0.338 e. The second-order valence-electron chi connectivity index (χ2n) is 11.7. The average Bonchev–Trinajstić information content (AvgIpc) is 3.93. The molecule has 6 heterocycles. The zero-order valence-electron chi connectivity index (χ0n) is 27.9. The van der Waals surface area contributed by atoms with Crippen LogP contribution in [0.15, 0.2) is 91.3 Å². The fourth-order valence-corrected chi connectivity index (χ4v) is 5.34. The van der Waals surface area contributed by atoms with Crippen LogP contribution in [0.25, 0.3) is 58.2 Å². The van der Waals surface area contributed by atoms with Gasteiger partial charge in [-0.25, -0.2) is 29.0 Å². The van der Waals surface area contributed by atoms with Crippen molar-refractivity contribution in [1.82, 2.24) is 53.7 Å². The van der Waals surface area contributed by atoms with Gasteiger partial charge < -0.3 is 9.55 Å². The first-order chi connectivity index (χ1) is 23.8. The number of hydrogen-bond donors (Lipinski definition) is 1. The van der Waals surface area contributed by atoms with Gasteiger partial charge in [-0.2, -0.15) is 4.98 Å². The lowest BCUT2D eigenvalue weighted by atomic mass is 10.2. The summed E-state index contributed by atoms with van der Waals surface area (Å²) in [4.78, 5) is 25.8. The van der Waals surface area contributed by atoms with E-state index in [0.717, 1.165) is 62.5 Å². The molecule has 0 aliphatic heterocycles. The Kier molecular flexibility index (Phi) is 8.46. The smallest absolute Gasteiger partial charge is 0.253 e. The first-order valence-electron chi connectivity index (χ1n) is 15.9. The molecule has 0 bridgehead atoms. The van der Waals surface area contributed by atoms with Gasteiger partial charge in [-0.05, 0) is 75.3 Å². The molecule has 0 aliphatic carbocycles. The minimum absolute atomic E-state index is 0.620. The van der Waals surface area contributed by atoms with Crippen LogP contribution in [0.1, 0.15) is 45.9 Å². The summed E-state index contributed by atoms with van der Waals surface area (Å²) in [6.07, 6.45) is 11.4. The van der Waals surface area contributed by atoms with E-state index in [1.807, 2.05) is 147 Å². The first-order valence-corrected chi connectivity index (χ1v) is 15.9. The van der Waals surface area contributed by atoms with Crippen molar-refractivity contribution in [2.75, 3.05) is 0 Å². The molecule has 0 spiro atoms. The van der Waals surface area contributed by atoms with Gasteiger partial charge in [0.25, 0.3) is 5.78 Å². The van der Waals surface area contributed by atoms with E-state index in [1.165, 1.54) is 0 Å². The molecule has 0 atom stereocenters. The van der Waals surface area contributed by atoms with Crippen LogP contribution in [0.2, 0.25) is 0 Å². The highest BCUT2D eigenvalue weighted by atomic mass is 15.3. The lowest BCUT2D eigenvalue weighted by molar-refractivity contribution is 0.865. The summed E-state index contributed by atoms with van der Waals surface area (Å²) in [5.74, 6) is 3.53. The third-order valence-electron chi connectivity index (χ3n) is 8.28. The molecule has 0 saturated heterocycles. The van der Waals surface area contributed by atoms with Gasteiger partial charge in [-0.1, -0.05) is 66.7 Å². The third-order valence-corrected chi connectivity index (χ3v) is 8.28. The summed E-state index contributed by atoms with van der Waals surface area (Å²) in [6, 6.07) is 26.2. The summed E-state index contributed by atoms with van der Waals surface area (Å²) in [5, 5.41) is 9.01. The van der Waals surface area contributed by atoms with E-state index in [0.29, 0.717) is 17.4 Å². The van der Waals surface area contributed by atoms with Gasteiger partial charge in [0.15, 0.2) is 17.3 Å². The normalized spacial score (nSPS) is 11.6. The highest BCUT2D eigenvalue weighted by molar-refractivity contribution is 5.68. The molecule has 0 aliphatic rings. The predicted molar refractivity (Wildman–Crippen MR) is 193 cm³/mol. The van der Waals surface area contributed by atoms with E-state index in [-0.39, 0.29) is 0 Å². The van der Waals surface area contributed by atoms with Crippen LogP contribution in [0.5, 0.6) is 0 Å². The number of nitrogens with one attached hydrogen (secondary N) is 1. The number of aromatic amines is 1. The van der Waals surface area contributed by atoms with Crippen LogP contribution in [0.3, 0.4) is 0 Å². The number of pyridine rings is 1. The van der Waals surface area contributed by atoms with Crippen LogP contribution >= 0.6 is 0 Å². The van der Waals surface area contributed by atoms with Gasteiger partial charge in [-0.15, -0.1) is 10.2 Å². The first kappa shape index (κ1) is 31.1. The highest BCUT2D eigenvalue weighted by Crippen LogP contribution is 2.20. The van der Waals surface area contributed by atoms with Gasteiger partial charge >= 0.3 is 0 Å². The SMILES string of the molecule is Cc1cccc2nc(C=Cc3ncc(-c4ccccc4)[nH]3)nn12.Cc1nc2nc(C=Cc3nc(-c4ccccc4)cn3C)nn2c(C)c1C. The van der Waals surface area contributed by atoms with Gasteiger partial charge in [0.2, 0.25) is 0 Å². The van der Waals surface area contributed by atoms with Crippen molar-refractivity contribution in [3.63, 3.8) is 0 Å². The van der Waals surface area contributed by atoms with E-state index in [2.05, 4.69) is 47.2 Å². The van der Waals surface area contributed by atoms with Gasteiger partial charge in [0.1, 0.15) is 11.6 Å². The topological polar surface area (TPSA) is 120 Å². The fourth-order valence-electron chi connectivity index (χ4n) is 5.34. The Labute approximate surface area is 283 Å². The molecular weight excluding hydrogens is 610 g/mol. The number of fused-ring (bicyclic) bond motifs is 2. The van der Waals surface area contributed by atoms with Crippen molar-refractivity contribution >= 4 is 35.7 Å². The van der Waals surface area contributed by atoms with Crippen molar-refractivity contribution < 1.29 is 0 Å². The lowest BCUT2D eigenvalue weighted by Crippen LogP contribution is -2.02. The quantitative estimate of drug-likeness (QED) is 0.203. The molecule has 8 aromatic rings. The van der Waals surface area contributed by atoms with Crippen molar-refractivity contribution in [3.8, 4) is 22.5 Å². The molecular formula is C38H35N11. The highest BCUT2D eigenvalue weighted by Gasteiger charge is 2.10. The fraction of sp³-hybridized carbons (Fsp3) is 0.132. The van der Waals surface area contributed by atoms with Crippen molar-refractivity contribution in [1.29, 1.82) is 0 Å². The maximum Gasteiger partial charge on any atom is 0.253 e. The molecule has 6 aromatic heterocycles. The Morgan fingerprint density at radius 3 is 2.10 bits per heavy atom. The maximum absolute atomic E-state index is 4.69. The van der Waals surface area contributed by atoms with Gasteiger partial charge in [-0.3, -0.25) is 0 Å². The molecule has 0 fully saturated rings. The van der Waals surface area contributed by atoms with Gasteiger partial charge in [0, 0.05) is 35.9 Å². The standard InChI is InChI=1S/C20H20N6.C18H15N5/c1-13-14(2)21-20-23-18(24-26(20)15(13)3)10-11-19-22-17(12-25(19)4)16-8-6-5-7-9-16;1-13-6-5-9-18-21-17(22-23(13)18)11-10-16-19-12-15(20-16)14-7-3-2-4-8-14/h5-12H,1-4H3;2-12H,1H3,(H,19,20). The number of benzene rings is 2. The van der Waals surface area contributed by atoms with Gasteiger partial charge in [0.05, 0.1) is 17.6 Å². The maximum atomic E-state index is 4.69. The number of nitrogens with zero attached hydrogens (tertiary/aromatic N) is 10. The third kappa shape index (κ3) is 6.68. The van der Waals surface area contributed by atoms with Crippen LogP contribution < -0.4 is 0 Å². The summed E-state index contributed by atoms with van der Waals surface area (Å²) >= 11 is 0. The minimum atomic E-state index is 0.620. The molecule has 11 nitrogen and oxygen atoms in total. The van der Waals surface area contributed by atoms with E-state index in [1.54, 1.807) is 4.52 Å². The average molecular weight is 646 g/mol. The number of imidazole rings is 2. The molecule has 49 heavy (non-hydrogen) atoms. The summed E-state index contributed by atoms with van der Waals surface area (Å²) in [7, 11) is 1.98. The second kappa shape index (κ2) is 13.3. The minimum Gasteiger partial charge on any atom is -0.338 e. The Morgan fingerprint density at radius 1 is 0.653 bits per heavy atom. The Bertz CT molecular complexity index is 2440. The summed E-state index contributed by atoms with van der Waals surface area (Å²) < 4.78 is 5.61. The van der Waals surface area contributed by atoms with E-state index in [9.17, 15) is 0 Å². The van der Waals surface area contributed by atoms with E-state index >= 15 is 0 Å². The summed E-state index contributed by atoms with van der Waals surface area (Å²) in [5.41, 5.74) is 9.21. The molecule has 8 rings (SSSR count). The molecule has 0 saturated carbocycles. The zero-order valence-corrected chi connectivity index (χ0v) is 27.9. The number of H-pyrrole nitrogens is 1. The molecule has 0 radical (unpaired) electrons. The predicted octanol–water partition coefficient (Wildman–Crippen LogP) is 7.22. The van der Waals surface area contributed by atoms with E-state index < -0.39 is 0 Å². The lowest BCUT2D eigenvalue weighted by Gasteiger charge is -2.04. The Morgan fingerprint density at radius 2 is 1.35 bits per heavy atom. The second-order valence-corrected chi connectivity index (χ2v) is 11.7. The molecule has 2 aromatic carbocycles. The number of hydrogen-bond acceptors (Lipinski definition) is 7. The number of aryl methyl sites for hydroxylation is 4. The molecule has 0 unspecified atom stereocenters. The Hall–Kier alpha value is -6.49. The van der Waals surface area contributed by atoms with Crippen LogP contribution in [-0.2, 0) is 7.05 Å². The van der Waals surface area contributed by atoms with Crippen LogP contribution in [-0.4, -0.2) is 53.7 Å². The molecule has 242 valence electrons. The zero-order chi connectivity index (χ0) is 33.9. The Balaban J connectivity index is 0.000000155. The van der Waals surface area contributed by atoms with E-state index in [4.69, 9.17) is 4.98 Å². The number of rotatable bonds is 6. The molecule has 0 amide bonds. The number of aromatic nitrogens is 11. The van der Waals surface area contributed by atoms with Crippen molar-refractivity contribution in [2.24, 2.45) is 7.05 Å². The summed E-state index contributed by atoms with van der Waals surface area (Å²) in [6.45, 7) is 8.08. The van der Waals surface area contributed by atoms with Crippen molar-refractivity contribution in [2.45, 2.75) is 27.7 Å². The van der Waals surface area contributed by atoms with Crippen LogP contribution in [0, 0.1) is 27.7 Å². The molecule has 1 N–H and O–H groups in total. The molecule has 11 heteroatoms. The monoisotopic (exact) mass is 645 g/mol. The van der Waals surface area contributed by atoms with Crippen LogP contribution in [0.4, 0.5) is 0 Å². The van der Waals surface area contributed by atoms with Crippen molar-refractivity contribution in [3.05, 3.63) is 137 Å².